The number of anilines is 1. The lowest BCUT2D eigenvalue weighted by Crippen LogP contribution is -2.46. The summed E-state index contributed by atoms with van der Waals surface area (Å²) < 4.78 is 7.45. The Labute approximate surface area is 168 Å². The number of carbonyl (C=O) groups excluding carboxylic acids is 1. The molecule has 2 heterocycles. The van der Waals surface area contributed by atoms with E-state index in [-0.39, 0.29) is 24.3 Å². The second kappa shape index (κ2) is 6.89. The van der Waals surface area contributed by atoms with E-state index in [1.807, 2.05) is 25.1 Å². The Kier molecular flexibility index (Phi) is 5.24. The number of aliphatic hydroxyl groups excluding tert-OH is 1. The maximum absolute atomic E-state index is 13.5. The predicted molar refractivity (Wildman–Crippen MR) is 109 cm³/mol. The average molecular weight is 471 g/mol. The zero-order valence-electron chi connectivity index (χ0n) is 15.4. The lowest BCUT2D eigenvalue weighted by atomic mass is 9.71. The Bertz CT molecular complexity index is 729. The van der Waals surface area contributed by atoms with E-state index >= 15 is 0 Å². The van der Waals surface area contributed by atoms with Gasteiger partial charge in [-0.1, -0.05) is 13.0 Å². The van der Waals surface area contributed by atoms with Gasteiger partial charge in [0.25, 0.3) is 5.91 Å². The molecule has 6 heteroatoms. The van der Waals surface area contributed by atoms with Crippen molar-refractivity contribution in [2.45, 2.75) is 44.5 Å². The summed E-state index contributed by atoms with van der Waals surface area (Å²) >= 11 is 2.23. The van der Waals surface area contributed by atoms with E-state index in [1.165, 1.54) is 0 Å². The molecule has 5 nitrogen and oxygen atoms in total. The van der Waals surface area contributed by atoms with Crippen LogP contribution in [0.3, 0.4) is 0 Å². The van der Waals surface area contributed by atoms with Crippen LogP contribution >= 0.6 is 22.6 Å². The lowest BCUT2D eigenvalue weighted by molar-refractivity contribution is -0.146. The van der Waals surface area contributed by atoms with Gasteiger partial charge in [0.05, 0.1) is 17.4 Å². The summed E-state index contributed by atoms with van der Waals surface area (Å²) in [5, 5.41) is 20.3. The summed E-state index contributed by atoms with van der Waals surface area (Å²) in [5.74, 6) is -0.622. The second-order valence-electron chi connectivity index (χ2n) is 7.74. The molecule has 142 valence electrons. The fraction of sp³-hybridized carbons (Fsp3) is 0.550. The van der Waals surface area contributed by atoms with Crippen LogP contribution in [0.5, 0.6) is 0 Å². The number of amides is 1. The fourth-order valence-corrected chi connectivity index (χ4v) is 5.25. The largest absolute Gasteiger partial charge is 0.396 e. The van der Waals surface area contributed by atoms with Gasteiger partial charge in [-0.05, 0) is 61.1 Å². The van der Waals surface area contributed by atoms with Crippen molar-refractivity contribution in [3.8, 4) is 0 Å². The van der Waals surface area contributed by atoms with Gasteiger partial charge in [-0.15, -0.1) is 6.58 Å². The Balaban J connectivity index is 2.18. The molecule has 1 amide bonds. The number of halogens is 1. The first kappa shape index (κ1) is 19.8. The van der Waals surface area contributed by atoms with Gasteiger partial charge in [-0.2, -0.15) is 0 Å². The quantitative estimate of drug-likeness (QED) is 0.512. The number of hydrogen-bond donors (Lipinski definition) is 2. The minimum Gasteiger partial charge on any atom is -0.396 e. The number of aliphatic hydroxyl groups is 2. The molecule has 1 spiro atoms. The monoisotopic (exact) mass is 471 g/mol. The number of fused-ring (bicyclic) bond motifs is 2. The van der Waals surface area contributed by atoms with Gasteiger partial charge in [0.2, 0.25) is 0 Å². The van der Waals surface area contributed by atoms with Crippen LogP contribution in [-0.4, -0.2) is 41.0 Å². The standard InChI is InChI=1S/C20H26INO4/c1-5-9-22-15-7-6-13(21)11-14(15)20(18(22)24)12(2)17(19(3,4)25)16(26-20)8-10-23/h5-7,11-12,16-17,23,25H,1,8-10H2,2-4H3/t12-,16+,17-,20+/m0/s1. The van der Waals surface area contributed by atoms with Gasteiger partial charge in [0.1, 0.15) is 0 Å². The molecule has 0 bridgehead atoms. The van der Waals surface area contributed by atoms with Crippen molar-refractivity contribution in [1.82, 2.24) is 0 Å². The Morgan fingerprint density at radius 3 is 2.73 bits per heavy atom. The maximum atomic E-state index is 13.5. The van der Waals surface area contributed by atoms with Crippen LogP contribution in [0.15, 0.2) is 30.9 Å². The fourth-order valence-electron chi connectivity index (χ4n) is 4.76. The molecular formula is C20H26INO4. The first-order valence-corrected chi connectivity index (χ1v) is 10.00. The van der Waals surface area contributed by atoms with Crippen LogP contribution in [0, 0.1) is 15.4 Å². The summed E-state index contributed by atoms with van der Waals surface area (Å²) in [4.78, 5) is 15.2. The highest BCUT2D eigenvalue weighted by Crippen LogP contribution is 2.57. The minimum atomic E-state index is -1.13. The molecule has 2 N–H and O–H groups in total. The van der Waals surface area contributed by atoms with E-state index in [4.69, 9.17) is 4.74 Å². The molecule has 3 rings (SSSR count). The SMILES string of the molecule is C=CCN1C(=O)[C@]2(O[C@H](CCO)[C@@H](C(C)(C)O)[C@@H]2C)c2cc(I)ccc21. The first-order chi connectivity index (χ1) is 12.2. The number of hydrogen-bond acceptors (Lipinski definition) is 4. The van der Waals surface area contributed by atoms with E-state index in [1.54, 1.807) is 24.8 Å². The average Bonchev–Trinajstić information content (AvgIpc) is 2.96. The summed E-state index contributed by atoms with van der Waals surface area (Å²) in [6.07, 6.45) is 1.69. The summed E-state index contributed by atoms with van der Waals surface area (Å²) in [7, 11) is 0. The molecule has 0 saturated carbocycles. The summed E-state index contributed by atoms with van der Waals surface area (Å²) in [5.41, 5.74) is -0.485. The topological polar surface area (TPSA) is 70.0 Å². The van der Waals surface area contributed by atoms with Crippen molar-refractivity contribution in [1.29, 1.82) is 0 Å². The van der Waals surface area contributed by atoms with Crippen molar-refractivity contribution in [2.75, 3.05) is 18.1 Å². The number of ether oxygens (including phenoxy) is 1. The van der Waals surface area contributed by atoms with Crippen molar-refractivity contribution in [3.05, 3.63) is 40.0 Å². The van der Waals surface area contributed by atoms with E-state index < -0.39 is 17.3 Å². The lowest BCUT2D eigenvalue weighted by Gasteiger charge is -2.34. The molecule has 1 saturated heterocycles. The van der Waals surface area contributed by atoms with Crippen LogP contribution in [0.1, 0.15) is 32.8 Å². The molecule has 0 aromatic heterocycles. The van der Waals surface area contributed by atoms with E-state index in [0.29, 0.717) is 13.0 Å². The third-order valence-electron chi connectivity index (χ3n) is 5.67. The zero-order valence-corrected chi connectivity index (χ0v) is 17.6. The van der Waals surface area contributed by atoms with Crippen molar-refractivity contribution < 1.29 is 19.7 Å². The summed E-state index contributed by atoms with van der Waals surface area (Å²) in [6.45, 7) is 9.59. The summed E-state index contributed by atoms with van der Waals surface area (Å²) in [6, 6.07) is 5.91. The molecule has 0 radical (unpaired) electrons. The molecule has 0 unspecified atom stereocenters. The molecule has 2 aliphatic rings. The first-order valence-electron chi connectivity index (χ1n) is 8.92. The van der Waals surface area contributed by atoms with Gasteiger partial charge >= 0.3 is 0 Å². The molecule has 1 aromatic carbocycles. The Hall–Kier alpha value is -0.960. The van der Waals surface area contributed by atoms with Crippen molar-refractivity contribution >= 4 is 34.2 Å². The molecule has 26 heavy (non-hydrogen) atoms. The predicted octanol–water partition coefficient (Wildman–Crippen LogP) is 2.82. The van der Waals surface area contributed by atoms with Crippen LogP contribution in [-0.2, 0) is 15.1 Å². The zero-order chi connectivity index (χ0) is 19.3. The van der Waals surface area contributed by atoms with Gasteiger partial charge in [-0.3, -0.25) is 4.79 Å². The smallest absolute Gasteiger partial charge is 0.264 e. The third-order valence-corrected chi connectivity index (χ3v) is 6.34. The number of nitrogens with zero attached hydrogens (tertiary/aromatic N) is 1. The number of carbonyl (C=O) groups is 1. The molecular weight excluding hydrogens is 445 g/mol. The molecule has 0 aliphatic carbocycles. The van der Waals surface area contributed by atoms with E-state index in [9.17, 15) is 15.0 Å². The van der Waals surface area contributed by atoms with Crippen LogP contribution < -0.4 is 4.90 Å². The number of rotatable bonds is 5. The Morgan fingerprint density at radius 2 is 2.15 bits per heavy atom. The third kappa shape index (κ3) is 2.82. The molecule has 4 atom stereocenters. The molecule has 2 aliphatic heterocycles. The van der Waals surface area contributed by atoms with Crippen LogP contribution in [0.25, 0.3) is 0 Å². The van der Waals surface area contributed by atoms with E-state index in [2.05, 4.69) is 29.2 Å². The molecule has 1 fully saturated rings. The second-order valence-corrected chi connectivity index (χ2v) is 8.98. The highest BCUT2D eigenvalue weighted by Gasteiger charge is 2.65. The van der Waals surface area contributed by atoms with Crippen LogP contribution in [0.2, 0.25) is 0 Å². The normalized spacial score (nSPS) is 30.9. The van der Waals surface area contributed by atoms with E-state index in [0.717, 1.165) is 14.8 Å². The van der Waals surface area contributed by atoms with Gasteiger partial charge in [0.15, 0.2) is 5.60 Å². The molecule has 1 aromatic rings. The highest BCUT2D eigenvalue weighted by atomic mass is 127. The van der Waals surface area contributed by atoms with Gasteiger partial charge in [0, 0.05) is 34.1 Å². The minimum absolute atomic E-state index is 0.0518. The van der Waals surface area contributed by atoms with Crippen LogP contribution in [0.4, 0.5) is 5.69 Å². The van der Waals surface area contributed by atoms with Crippen molar-refractivity contribution in [2.24, 2.45) is 11.8 Å². The van der Waals surface area contributed by atoms with Gasteiger partial charge in [-0.25, -0.2) is 0 Å². The highest BCUT2D eigenvalue weighted by molar-refractivity contribution is 14.1. The van der Waals surface area contributed by atoms with Gasteiger partial charge < -0.3 is 19.8 Å². The Morgan fingerprint density at radius 1 is 1.46 bits per heavy atom. The van der Waals surface area contributed by atoms with Crippen molar-refractivity contribution in [3.63, 3.8) is 0 Å². The maximum Gasteiger partial charge on any atom is 0.264 e. The number of benzene rings is 1.